The van der Waals surface area contributed by atoms with Crippen molar-refractivity contribution in [3.05, 3.63) is 12.7 Å². The van der Waals surface area contributed by atoms with Crippen molar-refractivity contribution in [2.45, 2.75) is 84.0 Å². The van der Waals surface area contributed by atoms with Crippen molar-refractivity contribution >= 4 is 14.3 Å². The molecule has 0 heterocycles. The van der Waals surface area contributed by atoms with Crippen LogP contribution in [0.4, 0.5) is 0 Å². The van der Waals surface area contributed by atoms with Gasteiger partial charge in [0.2, 0.25) is 0 Å². The maximum atomic E-state index is 12.5. The van der Waals surface area contributed by atoms with Crippen LogP contribution in [-0.4, -0.2) is 27.0 Å². The van der Waals surface area contributed by atoms with E-state index < -0.39 is 8.32 Å². The van der Waals surface area contributed by atoms with Gasteiger partial charge < -0.3 is 9.16 Å². The second kappa shape index (κ2) is 8.47. The SMILES string of the molecule is C=CCC[C@H]1CCC[C@@H](C(=O)OCC)C1O[Si](C)(C)C(C)(C)C. The maximum absolute atomic E-state index is 12.5. The van der Waals surface area contributed by atoms with Gasteiger partial charge in [-0.1, -0.05) is 33.3 Å². The van der Waals surface area contributed by atoms with E-state index in [1.165, 1.54) is 0 Å². The number of hydrogen-bond donors (Lipinski definition) is 0. The van der Waals surface area contributed by atoms with Crippen LogP contribution in [0.5, 0.6) is 0 Å². The van der Waals surface area contributed by atoms with Crippen LogP contribution >= 0.6 is 0 Å². The maximum Gasteiger partial charge on any atom is 0.311 e. The van der Waals surface area contributed by atoms with E-state index in [0.717, 1.165) is 32.1 Å². The molecule has 1 rings (SSSR count). The summed E-state index contributed by atoms with van der Waals surface area (Å²) in [6, 6.07) is 0. The highest BCUT2D eigenvalue weighted by Crippen LogP contribution is 2.43. The van der Waals surface area contributed by atoms with Gasteiger partial charge in [0, 0.05) is 0 Å². The zero-order chi connectivity index (χ0) is 17.7. The number of esters is 1. The molecule has 1 saturated carbocycles. The molecule has 1 aliphatic rings. The van der Waals surface area contributed by atoms with Crippen molar-refractivity contribution in [1.29, 1.82) is 0 Å². The molecule has 0 bridgehead atoms. The van der Waals surface area contributed by atoms with Crippen LogP contribution < -0.4 is 0 Å². The molecule has 1 aliphatic carbocycles. The average molecular weight is 341 g/mol. The van der Waals surface area contributed by atoms with Crippen molar-refractivity contribution in [3.63, 3.8) is 0 Å². The normalized spacial score (nSPS) is 25.9. The largest absolute Gasteiger partial charge is 0.466 e. The van der Waals surface area contributed by atoms with E-state index in [4.69, 9.17) is 9.16 Å². The number of rotatable bonds is 7. The van der Waals surface area contributed by atoms with Gasteiger partial charge >= 0.3 is 5.97 Å². The highest BCUT2D eigenvalue weighted by atomic mass is 28.4. The first kappa shape index (κ1) is 20.4. The summed E-state index contributed by atoms with van der Waals surface area (Å²) in [4.78, 5) is 12.5. The van der Waals surface area contributed by atoms with Gasteiger partial charge in [0.05, 0.1) is 18.6 Å². The van der Waals surface area contributed by atoms with Crippen molar-refractivity contribution in [1.82, 2.24) is 0 Å². The monoisotopic (exact) mass is 340 g/mol. The lowest BCUT2D eigenvalue weighted by atomic mass is 9.77. The van der Waals surface area contributed by atoms with Crippen LogP contribution in [0.1, 0.15) is 59.8 Å². The Bertz CT molecular complexity index is 398. The zero-order valence-electron chi connectivity index (χ0n) is 16.0. The Kier molecular flexibility index (Phi) is 7.53. The second-order valence-electron chi connectivity index (χ2n) is 8.26. The lowest BCUT2D eigenvalue weighted by Crippen LogP contribution is -2.51. The molecule has 1 unspecified atom stereocenters. The quantitative estimate of drug-likeness (QED) is 0.357. The fourth-order valence-electron chi connectivity index (χ4n) is 3.09. The molecule has 0 N–H and O–H groups in total. The molecule has 0 saturated heterocycles. The first-order valence-electron chi connectivity index (χ1n) is 9.09. The summed E-state index contributed by atoms with van der Waals surface area (Å²) >= 11 is 0. The average Bonchev–Trinajstić information content (AvgIpc) is 2.44. The highest BCUT2D eigenvalue weighted by Gasteiger charge is 2.46. The number of allylic oxidation sites excluding steroid dienone is 1. The van der Waals surface area contributed by atoms with Gasteiger partial charge in [-0.25, -0.2) is 0 Å². The minimum Gasteiger partial charge on any atom is -0.466 e. The van der Waals surface area contributed by atoms with E-state index in [2.05, 4.69) is 40.4 Å². The van der Waals surface area contributed by atoms with Gasteiger partial charge in [-0.3, -0.25) is 4.79 Å². The summed E-state index contributed by atoms with van der Waals surface area (Å²) in [7, 11) is -1.92. The summed E-state index contributed by atoms with van der Waals surface area (Å²) < 4.78 is 12.1. The minimum absolute atomic E-state index is 0.00337. The summed E-state index contributed by atoms with van der Waals surface area (Å²) in [5.74, 6) is 0.262. The summed E-state index contributed by atoms with van der Waals surface area (Å²) in [6.45, 7) is 17.5. The van der Waals surface area contributed by atoms with Gasteiger partial charge in [-0.15, -0.1) is 6.58 Å². The first-order valence-corrected chi connectivity index (χ1v) is 12.0. The number of ether oxygens (including phenoxy) is 1. The standard InChI is InChI=1S/C19H36O3Si/c1-8-10-12-15-13-11-14-16(18(20)21-9-2)17(15)22-23(6,7)19(3,4)5/h8,15-17H,1,9-14H2,2-7H3/t15-,16+,17?/m0/s1. The van der Waals surface area contributed by atoms with Crippen molar-refractivity contribution in [2.75, 3.05) is 6.61 Å². The fraction of sp³-hybridized carbons (Fsp3) is 0.842. The third-order valence-electron chi connectivity index (χ3n) is 5.52. The van der Waals surface area contributed by atoms with E-state index in [1.54, 1.807) is 0 Å². The van der Waals surface area contributed by atoms with Crippen LogP contribution in [-0.2, 0) is 14.0 Å². The van der Waals surface area contributed by atoms with Crippen LogP contribution in [0.25, 0.3) is 0 Å². The number of hydrogen-bond acceptors (Lipinski definition) is 3. The molecular formula is C19H36O3Si. The Hall–Kier alpha value is -0.613. The molecule has 4 heteroatoms. The summed E-state index contributed by atoms with van der Waals surface area (Å²) in [6.07, 6.45) is 7.13. The molecule has 3 atom stereocenters. The number of carbonyl (C=O) groups excluding carboxylic acids is 1. The van der Waals surface area contributed by atoms with E-state index in [-0.39, 0.29) is 23.0 Å². The van der Waals surface area contributed by atoms with Crippen molar-refractivity contribution in [2.24, 2.45) is 11.8 Å². The molecule has 0 aromatic carbocycles. The third-order valence-corrected chi connectivity index (χ3v) is 9.99. The van der Waals surface area contributed by atoms with Crippen LogP contribution in [0.3, 0.4) is 0 Å². The van der Waals surface area contributed by atoms with Crippen molar-refractivity contribution in [3.8, 4) is 0 Å². The molecule has 0 spiro atoms. The summed E-state index contributed by atoms with van der Waals surface area (Å²) in [5, 5.41) is 0.145. The first-order chi connectivity index (χ1) is 10.6. The zero-order valence-corrected chi connectivity index (χ0v) is 17.0. The highest BCUT2D eigenvalue weighted by molar-refractivity contribution is 6.74. The molecular weight excluding hydrogens is 304 g/mol. The molecule has 0 aromatic rings. The van der Waals surface area contributed by atoms with E-state index >= 15 is 0 Å². The topological polar surface area (TPSA) is 35.5 Å². The van der Waals surface area contributed by atoms with Gasteiger partial charge in [0.1, 0.15) is 0 Å². The third kappa shape index (κ3) is 5.46. The molecule has 1 fully saturated rings. The molecule has 0 aromatic heterocycles. The Labute approximate surface area is 144 Å². The fourth-order valence-corrected chi connectivity index (χ4v) is 4.48. The van der Waals surface area contributed by atoms with Gasteiger partial charge in [0.15, 0.2) is 8.32 Å². The Morgan fingerprint density at radius 2 is 1.96 bits per heavy atom. The van der Waals surface area contributed by atoms with Crippen molar-refractivity contribution < 1.29 is 14.0 Å². The molecule has 23 heavy (non-hydrogen) atoms. The predicted molar refractivity (Wildman–Crippen MR) is 99.0 cm³/mol. The Balaban J connectivity index is 3.00. The Morgan fingerprint density at radius 1 is 1.30 bits per heavy atom. The van der Waals surface area contributed by atoms with Gasteiger partial charge in [-0.05, 0) is 56.7 Å². The number of carbonyl (C=O) groups is 1. The molecule has 0 aliphatic heterocycles. The molecule has 3 nitrogen and oxygen atoms in total. The van der Waals surface area contributed by atoms with E-state index in [9.17, 15) is 4.79 Å². The minimum atomic E-state index is -1.92. The van der Waals surface area contributed by atoms with Crippen LogP contribution in [0.2, 0.25) is 18.1 Å². The lowest BCUT2D eigenvalue weighted by molar-refractivity contribution is -0.155. The van der Waals surface area contributed by atoms with Gasteiger partial charge in [0.25, 0.3) is 0 Å². The van der Waals surface area contributed by atoms with E-state index in [1.807, 2.05) is 13.0 Å². The smallest absolute Gasteiger partial charge is 0.311 e. The Morgan fingerprint density at radius 3 is 2.48 bits per heavy atom. The van der Waals surface area contributed by atoms with Gasteiger partial charge in [-0.2, -0.15) is 0 Å². The lowest BCUT2D eigenvalue weighted by Gasteiger charge is -2.45. The van der Waals surface area contributed by atoms with E-state index in [0.29, 0.717) is 12.5 Å². The predicted octanol–water partition coefficient (Wildman–Crippen LogP) is 5.32. The van der Waals surface area contributed by atoms with Crippen LogP contribution in [0, 0.1) is 11.8 Å². The van der Waals surface area contributed by atoms with Crippen LogP contribution in [0.15, 0.2) is 12.7 Å². The summed E-state index contributed by atoms with van der Waals surface area (Å²) in [5.41, 5.74) is 0. The molecule has 0 amide bonds. The molecule has 0 radical (unpaired) electrons. The second-order valence-corrected chi connectivity index (χ2v) is 13.0. The molecule has 134 valence electrons.